The highest BCUT2D eigenvalue weighted by atomic mass is 16.5. The van der Waals surface area contributed by atoms with Gasteiger partial charge in [-0.25, -0.2) is 0 Å². The Morgan fingerprint density at radius 1 is 1.28 bits per heavy atom. The highest BCUT2D eigenvalue weighted by Gasteiger charge is 2.44. The second kappa shape index (κ2) is 6.37. The third-order valence-electron chi connectivity index (χ3n) is 3.25. The van der Waals surface area contributed by atoms with Crippen LogP contribution in [-0.4, -0.2) is 36.1 Å². The standard InChI is InChI=1S/C12H19NO5/c1-2-18-10(15)5-4-9(14)13-8-12(11(16)17)6-3-7-12/h2-8H2,1H3,(H,13,14)(H,16,17). The Hall–Kier alpha value is -1.59. The molecule has 0 unspecified atom stereocenters. The van der Waals surface area contributed by atoms with Crippen LogP contribution in [0.4, 0.5) is 0 Å². The molecule has 1 aliphatic carbocycles. The first-order valence-electron chi connectivity index (χ1n) is 6.16. The van der Waals surface area contributed by atoms with Crippen molar-refractivity contribution in [3.63, 3.8) is 0 Å². The summed E-state index contributed by atoms with van der Waals surface area (Å²) >= 11 is 0. The number of hydrogen-bond donors (Lipinski definition) is 2. The highest BCUT2D eigenvalue weighted by Crippen LogP contribution is 2.40. The molecule has 1 fully saturated rings. The third-order valence-corrected chi connectivity index (χ3v) is 3.25. The van der Waals surface area contributed by atoms with Gasteiger partial charge in [0, 0.05) is 13.0 Å². The van der Waals surface area contributed by atoms with E-state index >= 15 is 0 Å². The van der Waals surface area contributed by atoms with Gasteiger partial charge in [-0.2, -0.15) is 0 Å². The lowest BCUT2D eigenvalue weighted by molar-refractivity contribution is -0.154. The summed E-state index contributed by atoms with van der Waals surface area (Å²) in [5.74, 6) is -1.58. The van der Waals surface area contributed by atoms with Gasteiger partial charge in [0.25, 0.3) is 0 Å². The normalized spacial score (nSPS) is 16.5. The van der Waals surface area contributed by atoms with E-state index in [2.05, 4.69) is 5.32 Å². The van der Waals surface area contributed by atoms with Gasteiger partial charge in [0.05, 0.1) is 18.4 Å². The number of amides is 1. The van der Waals surface area contributed by atoms with Crippen LogP contribution in [0.15, 0.2) is 0 Å². The first-order valence-corrected chi connectivity index (χ1v) is 6.16. The Bertz CT molecular complexity index is 335. The van der Waals surface area contributed by atoms with Crippen molar-refractivity contribution in [2.24, 2.45) is 5.41 Å². The van der Waals surface area contributed by atoms with E-state index in [1.807, 2.05) is 0 Å². The summed E-state index contributed by atoms with van der Waals surface area (Å²) in [4.78, 5) is 33.5. The van der Waals surface area contributed by atoms with E-state index in [1.165, 1.54) is 0 Å². The summed E-state index contributed by atoms with van der Waals surface area (Å²) in [5.41, 5.74) is -0.792. The number of aliphatic carboxylic acids is 1. The minimum atomic E-state index is -0.862. The number of carboxylic acids is 1. The summed E-state index contributed by atoms with van der Waals surface area (Å²) in [6, 6.07) is 0. The van der Waals surface area contributed by atoms with Crippen molar-refractivity contribution in [3.05, 3.63) is 0 Å². The lowest BCUT2D eigenvalue weighted by Gasteiger charge is -2.37. The van der Waals surface area contributed by atoms with Crippen molar-refractivity contribution in [2.45, 2.75) is 39.0 Å². The maximum absolute atomic E-state index is 11.4. The summed E-state index contributed by atoms with van der Waals surface area (Å²) < 4.78 is 4.70. The van der Waals surface area contributed by atoms with Crippen molar-refractivity contribution in [1.29, 1.82) is 0 Å². The SMILES string of the molecule is CCOC(=O)CCC(=O)NCC1(C(=O)O)CCC1. The number of carbonyl (C=O) groups is 3. The fourth-order valence-corrected chi connectivity index (χ4v) is 1.87. The van der Waals surface area contributed by atoms with E-state index in [9.17, 15) is 14.4 Å². The van der Waals surface area contributed by atoms with Gasteiger partial charge in [-0.15, -0.1) is 0 Å². The minimum absolute atomic E-state index is 0.0275. The maximum atomic E-state index is 11.4. The van der Waals surface area contributed by atoms with Gasteiger partial charge in [-0.05, 0) is 19.8 Å². The van der Waals surface area contributed by atoms with Gasteiger partial charge in [-0.1, -0.05) is 6.42 Å². The van der Waals surface area contributed by atoms with E-state index < -0.39 is 17.4 Å². The van der Waals surface area contributed by atoms with Gasteiger partial charge < -0.3 is 15.2 Å². The topological polar surface area (TPSA) is 92.7 Å². The molecule has 0 aliphatic heterocycles. The zero-order valence-electron chi connectivity index (χ0n) is 10.5. The molecule has 0 aromatic rings. The molecule has 2 N–H and O–H groups in total. The molecule has 1 amide bonds. The highest BCUT2D eigenvalue weighted by molar-refractivity contribution is 5.82. The van der Waals surface area contributed by atoms with E-state index in [0.717, 1.165) is 6.42 Å². The number of esters is 1. The monoisotopic (exact) mass is 257 g/mol. The minimum Gasteiger partial charge on any atom is -0.481 e. The van der Waals surface area contributed by atoms with Crippen molar-refractivity contribution >= 4 is 17.8 Å². The molecule has 6 nitrogen and oxygen atoms in total. The molecule has 0 atom stereocenters. The Morgan fingerprint density at radius 3 is 2.39 bits per heavy atom. The number of carboxylic acid groups (broad SMARTS) is 1. The van der Waals surface area contributed by atoms with Crippen molar-refractivity contribution in [2.75, 3.05) is 13.2 Å². The Labute approximate surface area is 106 Å². The zero-order chi connectivity index (χ0) is 13.6. The lowest BCUT2D eigenvalue weighted by Crippen LogP contribution is -2.47. The first-order chi connectivity index (χ1) is 8.50. The van der Waals surface area contributed by atoms with Gasteiger partial charge in [-0.3, -0.25) is 14.4 Å². The van der Waals surface area contributed by atoms with Crippen LogP contribution >= 0.6 is 0 Å². The van der Waals surface area contributed by atoms with E-state index in [4.69, 9.17) is 9.84 Å². The molecule has 1 aliphatic rings. The fourth-order valence-electron chi connectivity index (χ4n) is 1.87. The van der Waals surface area contributed by atoms with E-state index in [0.29, 0.717) is 19.4 Å². The number of nitrogens with one attached hydrogen (secondary N) is 1. The van der Waals surface area contributed by atoms with Crippen molar-refractivity contribution in [3.8, 4) is 0 Å². The molecule has 0 aromatic heterocycles. The molecule has 1 saturated carbocycles. The molecule has 1 rings (SSSR count). The average molecular weight is 257 g/mol. The Balaban J connectivity index is 2.24. The van der Waals surface area contributed by atoms with Crippen LogP contribution in [0, 0.1) is 5.41 Å². The van der Waals surface area contributed by atoms with Crippen LogP contribution in [0.1, 0.15) is 39.0 Å². The van der Waals surface area contributed by atoms with Crippen LogP contribution in [0.2, 0.25) is 0 Å². The number of rotatable bonds is 7. The van der Waals surface area contributed by atoms with Gasteiger partial charge in [0.2, 0.25) is 5.91 Å². The maximum Gasteiger partial charge on any atom is 0.311 e. The van der Waals surface area contributed by atoms with Crippen LogP contribution < -0.4 is 5.32 Å². The molecule has 0 saturated heterocycles. The third kappa shape index (κ3) is 3.72. The molecule has 102 valence electrons. The molecular weight excluding hydrogens is 238 g/mol. The van der Waals surface area contributed by atoms with Crippen molar-refractivity contribution in [1.82, 2.24) is 5.32 Å². The zero-order valence-corrected chi connectivity index (χ0v) is 10.5. The molecule has 0 heterocycles. The number of hydrogen-bond acceptors (Lipinski definition) is 4. The number of carbonyl (C=O) groups excluding carboxylic acids is 2. The molecular formula is C12H19NO5. The largest absolute Gasteiger partial charge is 0.481 e. The Kier molecular flexibility index (Phi) is 5.12. The van der Waals surface area contributed by atoms with Crippen molar-refractivity contribution < 1.29 is 24.2 Å². The lowest BCUT2D eigenvalue weighted by atomic mass is 9.69. The van der Waals surface area contributed by atoms with E-state index in [-0.39, 0.29) is 25.3 Å². The molecule has 0 radical (unpaired) electrons. The number of ether oxygens (including phenoxy) is 1. The van der Waals surface area contributed by atoms with E-state index in [1.54, 1.807) is 6.92 Å². The summed E-state index contributed by atoms with van der Waals surface area (Å²) in [6.45, 7) is 2.14. The quantitative estimate of drug-likeness (QED) is 0.655. The predicted molar refractivity (Wildman–Crippen MR) is 62.8 cm³/mol. The first kappa shape index (κ1) is 14.5. The molecule has 0 aromatic carbocycles. The van der Waals surface area contributed by atoms with Gasteiger partial charge in [0.15, 0.2) is 0 Å². The summed E-state index contributed by atoms with van der Waals surface area (Å²) in [7, 11) is 0. The van der Waals surface area contributed by atoms with Crippen LogP contribution in [0.3, 0.4) is 0 Å². The predicted octanol–water partition coefficient (Wildman–Crippen LogP) is 0.701. The Morgan fingerprint density at radius 2 is 1.94 bits per heavy atom. The molecule has 0 spiro atoms. The second-order valence-electron chi connectivity index (χ2n) is 4.52. The molecule has 0 bridgehead atoms. The average Bonchev–Trinajstić information content (AvgIpc) is 2.24. The van der Waals surface area contributed by atoms with Crippen LogP contribution in [-0.2, 0) is 19.1 Å². The van der Waals surface area contributed by atoms with Crippen LogP contribution in [0.5, 0.6) is 0 Å². The molecule has 6 heteroatoms. The second-order valence-corrected chi connectivity index (χ2v) is 4.52. The summed E-state index contributed by atoms with van der Waals surface area (Å²) in [5, 5.41) is 11.6. The van der Waals surface area contributed by atoms with Gasteiger partial charge in [0.1, 0.15) is 0 Å². The van der Waals surface area contributed by atoms with Gasteiger partial charge >= 0.3 is 11.9 Å². The fraction of sp³-hybridized carbons (Fsp3) is 0.750. The smallest absolute Gasteiger partial charge is 0.311 e. The van der Waals surface area contributed by atoms with Crippen LogP contribution in [0.25, 0.3) is 0 Å². The summed E-state index contributed by atoms with van der Waals surface area (Å²) in [6.07, 6.45) is 2.14. The molecule has 18 heavy (non-hydrogen) atoms.